The minimum atomic E-state index is -1.52. The van der Waals surface area contributed by atoms with Gasteiger partial charge in [-0.3, -0.25) is 52.7 Å². The van der Waals surface area contributed by atoms with E-state index >= 15 is 0 Å². The van der Waals surface area contributed by atoms with Crippen molar-refractivity contribution < 1.29 is 68.1 Å². The predicted octanol–water partition coefficient (Wildman–Crippen LogP) is 0.139. The van der Waals surface area contributed by atoms with Gasteiger partial charge in [-0.2, -0.15) is 0 Å². The Bertz CT molecular complexity index is 2440. The van der Waals surface area contributed by atoms with Gasteiger partial charge in [-0.05, 0) is 68.3 Å². The zero-order valence-corrected chi connectivity index (χ0v) is 51.3. The molecule has 2 aliphatic heterocycles. The molecule has 1 aromatic rings. The summed E-state index contributed by atoms with van der Waals surface area (Å²) in [6, 6.07) is -2.83. The molecule has 0 bridgehead atoms. The Morgan fingerprint density at radius 3 is 1.62 bits per heavy atom. The molecule has 0 saturated carbocycles. The maximum atomic E-state index is 14.6. The van der Waals surface area contributed by atoms with Crippen molar-refractivity contribution in [2.75, 3.05) is 26.3 Å². The molecule has 0 aromatic heterocycles. The first-order valence-electron chi connectivity index (χ1n) is 30.2. The van der Waals surface area contributed by atoms with Gasteiger partial charge in [0.1, 0.15) is 54.0 Å². The molecule has 2 fully saturated rings. The molecule has 85 heavy (non-hydrogen) atoms. The third-order valence-electron chi connectivity index (χ3n) is 15.3. The number of hydrogen-bond donors (Lipinski definition) is 13. The predicted molar refractivity (Wildman–Crippen MR) is 317 cm³/mol. The molecule has 13 N–H and O–H groups in total. The average molecular weight is 1200 g/mol. The first-order chi connectivity index (χ1) is 40.3. The quantitative estimate of drug-likeness (QED) is 0.0687. The van der Waals surface area contributed by atoms with E-state index in [2.05, 4.69) is 53.2 Å². The second-order valence-electron chi connectivity index (χ2n) is 23.3. The highest BCUT2D eigenvalue weighted by molar-refractivity contribution is 6.02. The molecular weight excluding hydrogens is 1100 g/mol. The van der Waals surface area contributed by atoms with Crippen molar-refractivity contribution in [1.82, 2.24) is 58.1 Å². The van der Waals surface area contributed by atoms with Crippen LogP contribution in [0.15, 0.2) is 42.1 Å². The second kappa shape index (κ2) is 36.8. The fourth-order valence-corrected chi connectivity index (χ4v) is 10.1. The monoisotopic (exact) mass is 1200 g/mol. The summed E-state index contributed by atoms with van der Waals surface area (Å²) >= 11 is 0. The van der Waals surface area contributed by atoms with Crippen LogP contribution in [0.4, 0.5) is 0 Å². The number of carbonyl (C=O) groups is 11. The Labute approximate surface area is 500 Å². The highest BCUT2D eigenvalue weighted by Gasteiger charge is 2.42. The molecule has 0 spiro atoms. The molecular formula is C60H97N11O14. The van der Waals surface area contributed by atoms with E-state index in [1.807, 2.05) is 48.5 Å². The third kappa shape index (κ3) is 23.8. The van der Waals surface area contributed by atoms with Gasteiger partial charge in [0, 0.05) is 45.1 Å². The van der Waals surface area contributed by atoms with Crippen LogP contribution in [0, 0.1) is 23.7 Å². The smallest absolute Gasteiger partial charge is 0.270 e. The van der Waals surface area contributed by atoms with Gasteiger partial charge < -0.3 is 73.4 Å². The molecule has 11 amide bonds. The summed E-state index contributed by atoms with van der Waals surface area (Å²) in [4.78, 5) is 157. The summed E-state index contributed by atoms with van der Waals surface area (Å²) in [6.45, 7) is 15.7. The number of carbonyl (C=O) groups excluding carboxylic acids is 11. The highest BCUT2D eigenvalue weighted by Crippen LogP contribution is 2.22. The van der Waals surface area contributed by atoms with E-state index in [9.17, 15) is 68.1 Å². The number of unbranched alkanes of at least 4 members (excludes halogenated alkanes) is 2. The summed E-state index contributed by atoms with van der Waals surface area (Å²) in [6.07, 6.45) is 2.09. The van der Waals surface area contributed by atoms with Crippen LogP contribution in [0.25, 0.3) is 0 Å². The Hall–Kier alpha value is -6.99. The lowest BCUT2D eigenvalue weighted by Gasteiger charge is -2.31. The van der Waals surface area contributed by atoms with Crippen LogP contribution in [-0.4, -0.2) is 172 Å². The number of nitrogens with zero attached hydrogens (tertiary/aromatic N) is 1. The number of fused-ring (bicyclic) bond motifs is 1. The van der Waals surface area contributed by atoms with Crippen LogP contribution in [-0.2, 0) is 59.2 Å². The molecule has 3 rings (SSSR count). The number of aliphatic hydroxyl groups excluding tert-OH is 3. The largest absolute Gasteiger partial charge is 0.396 e. The van der Waals surface area contributed by atoms with Crippen LogP contribution in [0.3, 0.4) is 0 Å². The van der Waals surface area contributed by atoms with E-state index < -0.39 is 157 Å². The fourth-order valence-electron chi connectivity index (χ4n) is 10.1. The van der Waals surface area contributed by atoms with Gasteiger partial charge in [-0.1, -0.05) is 131 Å². The normalized spacial score (nSPS) is 27.0. The standard InChI is InChI=1S/C60H97N11O14/c1-11-15-17-22-39-30-48(75)63-42(23-25-72)53(78)64-41(14-4)60(85)71-33-40(74)31-47(71)57(82)65-43(24-26-73)54(79)67-46(29-38-20-18-16-19-21-38)55(80)66-45(28-35(7)8)56(81)69-51(37(10)13-3)59(84)70-50(36(9)12-2)58(83)68-44(27-34(5)6)52(77)61-32-49(76)62-39/h14,16,18-21,34-37,39-40,42-47,50-51,72-74H,11-13,15,17,22-33H2,1-10H3,(H,61,77)(H,62,76)(H,63,75)(H,64,78)(H,65,82)(H,66,80)(H,67,79)(H,68,83)(H,69,81)(H,70,84)/b41-14+. The Morgan fingerprint density at radius 2 is 1.07 bits per heavy atom. The lowest BCUT2D eigenvalue weighted by atomic mass is 9.93. The SMILES string of the molecule is C/C=C1/NC(=O)C(CCO)NC(=O)CC(CCCCC)NC(=O)CNC(=O)C(CC(C)C)NC(=O)C(C(C)CC)NC(=O)C(C(C)CC)NC(=O)C(CC(C)C)NC(=O)C(Cc2ccccc2)NC(=O)C(CCO)NC(=O)C2CC(O)CN2C1=O. The lowest BCUT2D eigenvalue weighted by Crippen LogP contribution is -2.62. The summed E-state index contributed by atoms with van der Waals surface area (Å²) < 4.78 is 0. The fraction of sp³-hybridized carbons (Fsp3) is 0.683. The summed E-state index contributed by atoms with van der Waals surface area (Å²) in [7, 11) is 0. The molecule has 12 atom stereocenters. The molecule has 25 heteroatoms. The van der Waals surface area contributed by atoms with E-state index in [-0.39, 0.29) is 69.0 Å². The van der Waals surface area contributed by atoms with E-state index in [4.69, 9.17) is 0 Å². The van der Waals surface area contributed by atoms with Crippen molar-refractivity contribution in [3.63, 3.8) is 0 Å². The van der Waals surface area contributed by atoms with Crippen molar-refractivity contribution in [3.05, 3.63) is 47.7 Å². The molecule has 12 unspecified atom stereocenters. The number of benzene rings is 1. The first-order valence-corrected chi connectivity index (χ1v) is 30.2. The summed E-state index contributed by atoms with van der Waals surface area (Å²) in [5.41, 5.74) is 0.241. The Balaban J connectivity index is 2.17. The van der Waals surface area contributed by atoms with Gasteiger partial charge in [0.15, 0.2) is 0 Å². The van der Waals surface area contributed by atoms with Crippen LogP contribution in [0.2, 0.25) is 0 Å². The van der Waals surface area contributed by atoms with Crippen LogP contribution >= 0.6 is 0 Å². The number of allylic oxidation sites excluding steroid dienone is 1. The molecule has 0 radical (unpaired) electrons. The van der Waals surface area contributed by atoms with Crippen molar-refractivity contribution in [2.24, 2.45) is 23.7 Å². The van der Waals surface area contributed by atoms with Gasteiger partial charge in [-0.25, -0.2) is 0 Å². The number of nitrogens with one attached hydrogen (secondary N) is 10. The first kappa shape index (κ1) is 72.3. The van der Waals surface area contributed by atoms with E-state index in [0.717, 1.165) is 17.7 Å². The highest BCUT2D eigenvalue weighted by atomic mass is 16.3. The molecule has 0 aliphatic carbocycles. The van der Waals surface area contributed by atoms with Crippen LogP contribution < -0.4 is 53.2 Å². The van der Waals surface area contributed by atoms with E-state index in [0.29, 0.717) is 31.2 Å². The van der Waals surface area contributed by atoms with Crippen molar-refractivity contribution in [1.29, 1.82) is 0 Å². The van der Waals surface area contributed by atoms with E-state index in [1.54, 1.807) is 44.2 Å². The number of rotatable bonds is 18. The zero-order valence-electron chi connectivity index (χ0n) is 51.3. The summed E-state index contributed by atoms with van der Waals surface area (Å²) in [5, 5.41) is 57.9. The number of aliphatic hydroxyl groups is 3. The third-order valence-corrected chi connectivity index (χ3v) is 15.3. The second-order valence-corrected chi connectivity index (χ2v) is 23.3. The molecule has 2 aliphatic rings. The van der Waals surface area contributed by atoms with Crippen molar-refractivity contribution >= 4 is 65.0 Å². The lowest BCUT2D eigenvalue weighted by molar-refractivity contribution is -0.139. The van der Waals surface area contributed by atoms with Gasteiger partial charge in [0.25, 0.3) is 5.91 Å². The van der Waals surface area contributed by atoms with Crippen LogP contribution in [0.1, 0.15) is 152 Å². The number of amides is 11. The Kier molecular flexibility index (Phi) is 31.3. The Morgan fingerprint density at radius 1 is 0.565 bits per heavy atom. The average Bonchev–Trinajstić information content (AvgIpc) is 3.93. The molecule has 1 aromatic carbocycles. The zero-order chi connectivity index (χ0) is 63.5. The van der Waals surface area contributed by atoms with Gasteiger partial charge in [-0.15, -0.1) is 0 Å². The van der Waals surface area contributed by atoms with Crippen molar-refractivity contribution in [3.8, 4) is 0 Å². The van der Waals surface area contributed by atoms with Gasteiger partial charge in [0.05, 0.1) is 12.6 Å². The van der Waals surface area contributed by atoms with E-state index in [1.165, 1.54) is 13.0 Å². The van der Waals surface area contributed by atoms with Crippen LogP contribution in [0.5, 0.6) is 0 Å². The minimum Gasteiger partial charge on any atom is -0.396 e. The maximum Gasteiger partial charge on any atom is 0.270 e. The topological polar surface area (TPSA) is 372 Å². The molecule has 2 heterocycles. The number of hydrogen-bond acceptors (Lipinski definition) is 14. The maximum absolute atomic E-state index is 14.6. The summed E-state index contributed by atoms with van der Waals surface area (Å²) in [5.74, 6) is -10.0. The van der Waals surface area contributed by atoms with Gasteiger partial charge in [0.2, 0.25) is 59.1 Å². The van der Waals surface area contributed by atoms with Crippen molar-refractivity contribution in [2.45, 2.75) is 213 Å². The minimum absolute atomic E-state index is 0.0703. The van der Waals surface area contributed by atoms with Gasteiger partial charge >= 0.3 is 0 Å². The molecule has 2 saturated heterocycles. The molecule has 476 valence electrons. The molecule has 25 nitrogen and oxygen atoms in total.